The molecule has 0 bridgehead atoms. The fourth-order valence-corrected chi connectivity index (χ4v) is 4.36. The Morgan fingerprint density at radius 3 is 2.61 bits per heavy atom. The fraction of sp³-hybridized carbons (Fsp3) is 0.550. The molecule has 2 aliphatic rings. The SMILES string of the molecule is Cl.O=C(c1cn(C2CCNCC2)nn1)N(Cc1ccccc1Cl)C1CCCC1. The topological polar surface area (TPSA) is 63.1 Å². The standard InChI is InChI=1S/C20H26ClN5O.ClH/c21-18-8-4-1-5-15(18)13-25(16-6-2-3-7-16)20(27)19-14-26(24-23-19)17-9-11-22-12-10-17;/h1,4-5,8,14,16-17,22H,2-3,6-7,9-13H2;1H. The Balaban J connectivity index is 0.00000225. The average Bonchev–Trinajstić information content (AvgIpc) is 3.40. The van der Waals surface area contributed by atoms with Gasteiger partial charge in [0.25, 0.3) is 5.91 Å². The van der Waals surface area contributed by atoms with Gasteiger partial charge in [0.05, 0.1) is 12.2 Å². The maximum absolute atomic E-state index is 13.3. The molecule has 2 heterocycles. The molecule has 28 heavy (non-hydrogen) atoms. The number of hydrogen-bond acceptors (Lipinski definition) is 4. The quantitative estimate of drug-likeness (QED) is 0.792. The Morgan fingerprint density at radius 1 is 1.18 bits per heavy atom. The number of piperidine rings is 1. The van der Waals surface area contributed by atoms with Crippen LogP contribution in [-0.4, -0.2) is 44.9 Å². The van der Waals surface area contributed by atoms with Gasteiger partial charge in [-0.2, -0.15) is 0 Å². The van der Waals surface area contributed by atoms with Gasteiger partial charge in [0, 0.05) is 17.6 Å². The number of hydrogen-bond donors (Lipinski definition) is 1. The number of halogens is 2. The third kappa shape index (κ3) is 4.67. The van der Waals surface area contributed by atoms with E-state index in [0.717, 1.165) is 44.3 Å². The molecule has 8 heteroatoms. The lowest BCUT2D eigenvalue weighted by atomic mass is 10.1. The summed E-state index contributed by atoms with van der Waals surface area (Å²) in [5, 5.41) is 12.5. The number of aromatic nitrogens is 3. The fourth-order valence-electron chi connectivity index (χ4n) is 4.16. The van der Waals surface area contributed by atoms with E-state index in [2.05, 4.69) is 15.6 Å². The number of benzene rings is 1. The third-order valence-electron chi connectivity index (χ3n) is 5.74. The summed E-state index contributed by atoms with van der Waals surface area (Å²) in [5.41, 5.74) is 1.41. The summed E-state index contributed by atoms with van der Waals surface area (Å²) < 4.78 is 1.87. The highest BCUT2D eigenvalue weighted by Gasteiger charge is 2.30. The molecule has 0 unspecified atom stereocenters. The van der Waals surface area contributed by atoms with Crippen LogP contribution in [0.2, 0.25) is 5.02 Å². The molecule has 6 nitrogen and oxygen atoms in total. The molecule has 0 radical (unpaired) electrons. The predicted octanol–water partition coefficient (Wildman–Crippen LogP) is 3.86. The van der Waals surface area contributed by atoms with Crippen LogP contribution in [0, 0.1) is 0 Å². The summed E-state index contributed by atoms with van der Waals surface area (Å²) in [6.07, 6.45) is 8.27. The van der Waals surface area contributed by atoms with Crippen molar-refractivity contribution in [2.45, 2.75) is 57.2 Å². The molecule has 4 rings (SSSR count). The van der Waals surface area contributed by atoms with Crippen LogP contribution in [0.1, 0.15) is 60.6 Å². The van der Waals surface area contributed by atoms with E-state index < -0.39 is 0 Å². The lowest BCUT2D eigenvalue weighted by Gasteiger charge is -2.28. The Bertz CT molecular complexity index is 784. The van der Waals surface area contributed by atoms with E-state index in [1.165, 1.54) is 12.8 Å². The zero-order chi connectivity index (χ0) is 18.6. The van der Waals surface area contributed by atoms with Gasteiger partial charge in [0.1, 0.15) is 0 Å². The molecule has 1 saturated carbocycles. The van der Waals surface area contributed by atoms with Crippen LogP contribution < -0.4 is 5.32 Å². The molecule has 1 saturated heterocycles. The Labute approximate surface area is 177 Å². The monoisotopic (exact) mass is 423 g/mol. The van der Waals surface area contributed by atoms with Crippen molar-refractivity contribution in [3.8, 4) is 0 Å². The maximum atomic E-state index is 13.3. The maximum Gasteiger partial charge on any atom is 0.276 e. The summed E-state index contributed by atoms with van der Waals surface area (Å²) in [6.45, 7) is 2.48. The first-order valence-corrected chi connectivity index (χ1v) is 10.3. The van der Waals surface area contributed by atoms with Gasteiger partial charge in [0.15, 0.2) is 5.69 Å². The van der Waals surface area contributed by atoms with Crippen LogP contribution in [0.3, 0.4) is 0 Å². The van der Waals surface area contributed by atoms with Crippen molar-refractivity contribution in [1.82, 2.24) is 25.2 Å². The molecule has 1 aromatic carbocycles. The summed E-state index contributed by atoms with van der Waals surface area (Å²) in [6, 6.07) is 8.32. The van der Waals surface area contributed by atoms with Crippen LogP contribution in [0.4, 0.5) is 0 Å². The van der Waals surface area contributed by atoms with Gasteiger partial charge in [-0.15, -0.1) is 17.5 Å². The summed E-state index contributed by atoms with van der Waals surface area (Å²) in [4.78, 5) is 15.2. The first-order chi connectivity index (χ1) is 13.2. The first-order valence-electron chi connectivity index (χ1n) is 9.89. The van der Waals surface area contributed by atoms with Gasteiger partial charge < -0.3 is 10.2 Å². The third-order valence-corrected chi connectivity index (χ3v) is 6.11. The van der Waals surface area contributed by atoms with Crippen molar-refractivity contribution >= 4 is 29.9 Å². The van der Waals surface area contributed by atoms with Crippen LogP contribution in [-0.2, 0) is 6.54 Å². The predicted molar refractivity (Wildman–Crippen MR) is 112 cm³/mol. The molecule has 1 amide bonds. The Hall–Kier alpha value is -1.63. The van der Waals surface area contributed by atoms with Crippen molar-refractivity contribution < 1.29 is 4.79 Å². The van der Waals surface area contributed by atoms with E-state index in [0.29, 0.717) is 23.3 Å². The molecule has 0 spiro atoms. The van der Waals surface area contributed by atoms with Crippen molar-refractivity contribution in [2.24, 2.45) is 0 Å². The van der Waals surface area contributed by atoms with Gasteiger partial charge in [0.2, 0.25) is 0 Å². The van der Waals surface area contributed by atoms with Crippen molar-refractivity contribution in [2.75, 3.05) is 13.1 Å². The molecule has 2 aromatic rings. The van der Waals surface area contributed by atoms with Gasteiger partial charge in [-0.3, -0.25) is 4.79 Å². The smallest absolute Gasteiger partial charge is 0.276 e. The molecular weight excluding hydrogens is 397 g/mol. The van der Waals surface area contributed by atoms with Gasteiger partial charge >= 0.3 is 0 Å². The number of nitrogens with zero attached hydrogens (tertiary/aromatic N) is 4. The molecule has 2 fully saturated rings. The summed E-state index contributed by atoms with van der Waals surface area (Å²) in [7, 11) is 0. The van der Waals surface area contributed by atoms with Crippen molar-refractivity contribution in [3.63, 3.8) is 0 Å². The number of carbonyl (C=O) groups is 1. The van der Waals surface area contributed by atoms with Crippen LogP contribution in [0.15, 0.2) is 30.5 Å². The minimum Gasteiger partial charge on any atom is -0.330 e. The minimum atomic E-state index is -0.0398. The summed E-state index contributed by atoms with van der Waals surface area (Å²) in [5.74, 6) is -0.0398. The molecule has 1 N–H and O–H groups in total. The minimum absolute atomic E-state index is 0. The first kappa shape index (κ1) is 21.1. The molecule has 0 atom stereocenters. The van der Waals surface area contributed by atoms with Crippen LogP contribution in [0.25, 0.3) is 0 Å². The second-order valence-electron chi connectivity index (χ2n) is 7.53. The highest BCUT2D eigenvalue weighted by atomic mass is 35.5. The highest BCUT2D eigenvalue weighted by molar-refractivity contribution is 6.31. The van der Waals surface area contributed by atoms with Crippen LogP contribution >= 0.6 is 24.0 Å². The number of nitrogens with one attached hydrogen (secondary N) is 1. The van der Waals surface area contributed by atoms with Crippen molar-refractivity contribution in [3.05, 3.63) is 46.7 Å². The molecule has 152 valence electrons. The number of rotatable bonds is 5. The largest absolute Gasteiger partial charge is 0.330 e. The Morgan fingerprint density at radius 2 is 1.89 bits per heavy atom. The zero-order valence-corrected chi connectivity index (χ0v) is 17.5. The number of carbonyl (C=O) groups excluding carboxylic acids is 1. The highest BCUT2D eigenvalue weighted by Crippen LogP contribution is 2.28. The van der Waals surface area contributed by atoms with Gasteiger partial charge in [-0.05, 0) is 50.4 Å². The van der Waals surface area contributed by atoms with E-state index in [1.54, 1.807) is 0 Å². The molecule has 1 aliphatic heterocycles. The second-order valence-corrected chi connectivity index (χ2v) is 7.93. The summed E-state index contributed by atoms with van der Waals surface area (Å²) >= 11 is 6.36. The lowest BCUT2D eigenvalue weighted by molar-refractivity contribution is 0.0658. The average molecular weight is 424 g/mol. The normalized spacial score (nSPS) is 18.0. The number of amides is 1. The van der Waals surface area contributed by atoms with Crippen molar-refractivity contribution in [1.29, 1.82) is 0 Å². The van der Waals surface area contributed by atoms with E-state index in [1.807, 2.05) is 40.0 Å². The molecule has 1 aromatic heterocycles. The van der Waals surface area contributed by atoms with Gasteiger partial charge in [-0.1, -0.05) is 47.9 Å². The Kier molecular flexibility index (Phi) is 7.32. The zero-order valence-electron chi connectivity index (χ0n) is 15.9. The lowest BCUT2D eigenvalue weighted by Crippen LogP contribution is -2.38. The van der Waals surface area contributed by atoms with E-state index in [9.17, 15) is 4.79 Å². The second kappa shape index (κ2) is 9.72. The molecular formula is C20H27Cl2N5O. The van der Waals surface area contributed by atoms with E-state index >= 15 is 0 Å². The van der Waals surface area contributed by atoms with Gasteiger partial charge in [-0.25, -0.2) is 4.68 Å². The van der Waals surface area contributed by atoms with E-state index in [4.69, 9.17) is 11.6 Å². The van der Waals surface area contributed by atoms with E-state index in [-0.39, 0.29) is 24.4 Å². The molecule has 1 aliphatic carbocycles. The van der Waals surface area contributed by atoms with Crippen LogP contribution in [0.5, 0.6) is 0 Å².